The van der Waals surface area contributed by atoms with Crippen LogP contribution in [0.1, 0.15) is 22.2 Å². The van der Waals surface area contributed by atoms with Crippen LogP contribution < -0.4 is 4.90 Å². The molecule has 1 atom stereocenters. The van der Waals surface area contributed by atoms with Crippen molar-refractivity contribution in [1.29, 1.82) is 0 Å². The smallest absolute Gasteiger partial charge is 0.208 e. The number of aromatic nitrogens is 4. The molecule has 1 fully saturated rings. The number of morpholine rings is 1. The monoisotopic (exact) mass is 375 g/mol. The van der Waals surface area contributed by atoms with Crippen LogP contribution in [-0.4, -0.2) is 39.7 Å². The topological polar surface area (TPSA) is 56.1 Å². The Kier molecular flexibility index (Phi) is 4.70. The molecule has 1 saturated heterocycles. The number of rotatable bonds is 4. The molecule has 0 spiro atoms. The third-order valence-electron chi connectivity index (χ3n) is 4.16. The van der Waals surface area contributed by atoms with Gasteiger partial charge in [0.25, 0.3) is 0 Å². The van der Waals surface area contributed by atoms with Crippen molar-refractivity contribution in [3.8, 4) is 0 Å². The van der Waals surface area contributed by atoms with Gasteiger partial charge in [-0.1, -0.05) is 35.1 Å². The minimum atomic E-state index is 0.0195. The fourth-order valence-electron chi connectivity index (χ4n) is 2.85. The number of halogens is 1. The van der Waals surface area contributed by atoms with Crippen LogP contribution in [0.2, 0.25) is 5.02 Å². The van der Waals surface area contributed by atoms with Gasteiger partial charge in [0.05, 0.1) is 19.3 Å². The third kappa shape index (κ3) is 3.84. The van der Waals surface area contributed by atoms with E-state index in [0.717, 1.165) is 40.2 Å². The van der Waals surface area contributed by atoms with E-state index >= 15 is 0 Å². The fraction of sp³-hybridized carbons (Fsp3) is 0.353. The predicted octanol–water partition coefficient (Wildman–Crippen LogP) is 3.09. The van der Waals surface area contributed by atoms with Crippen molar-refractivity contribution in [2.45, 2.75) is 12.5 Å². The number of nitrogens with zero attached hydrogens (tertiary/aromatic N) is 5. The highest BCUT2D eigenvalue weighted by Crippen LogP contribution is 2.28. The summed E-state index contributed by atoms with van der Waals surface area (Å²) in [5.41, 5.74) is 2.28. The molecule has 2 aromatic heterocycles. The van der Waals surface area contributed by atoms with Gasteiger partial charge in [-0.15, -0.1) is 10.2 Å². The Hall–Kier alpha value is -1.96. The molecular formula is C17H18ClN5OS. The van der Waals surface area contributed by atoms with E-state index < -0.39 is 0 Å². The SMILES string of the molecule is Cn1cc(C2CN(c3nnc(Cc4ccc(Cl)cc4)s3)CCO2)cn1. The molecule has 1 aromatic carbocycles. The molecule has 0 radical (unpaired) electrons. The molecule has 0 saturated carbocycles. The summed E-state index contributed by atoms with van der Waals surface area (Å²) in [5.74, 6) is 0. The number of benzene rings is 1. The second kappa shape index (κ2) is 7.11. The summed E-state index contributed by atoms with van der Waals surface area (Å²) in [6.45, 7) is 2.26. The van der Waals surface area contributed by atoms with Crippen LogP contribution in [0.4, 0.5) is 5.13 Å². The minimum absolute atomic E-state index is 0.0195. The highest BCUT2D eigenvalue weighted by Gasteiger charge is 2.25. The molecule has 130 valence electrons. The number of anilines is 1. The lowest BCUT2D eigenvalue weighted by molar-refractivity contribution is 0.0397. The number of ether oxygens (including phenoxy) is 1. The standard InChI is InChI=1S/C17H18ClN5OS/c1-22-10-13(9-19-22)15-11-23(6-7-24-15)17-21-20-16(25-17)8-12-2-4-14(18)5-3-12/h2-5,9-10,15H,6-8,11H2,1H3. The lowest BCUT2D eigenvalue weighted by atomic mass is 10.2. The minimum Gasteiger partial charge on any atom is -0.370 e. The summed E-state index contributed by atoms with van der Waals surface area (Å²) in [4.78, 5) is 2.24. The van der Waals surface area contributed by atoms with E-state index in [-0.39, 0.29) is 6.10 Å². The van der Waals surface area contributed by atoms with Crippen molar-refractivity contribution in [1.82, 2.24) is 20.0 Å². The molecular weight excluding hydrogens is 358 g/mol. The zero-order valence-corrected chi connectivity index (χ0v) is 15.4. The Morgan fingerprint density at radius 2 is 2.12 bits per heavy atom. The van der Waals surface area contributed by atoms with Crippen LogP contribution in [0.25, 0.3) is 0 Å². The molecule has 3 heterocycles. The average Bonchev–Trinajstić information content (AvgIpc) is 3.26. The fourth-order valence-corrected chi connectivity index (χ4v) is 3.89. The first kappa shape index (κ1) is 16.5. The van der Waals surface area contributed by atoms with Gasteiger partial charge < -0.3 is 9.64 Å². The van der Waals surface area contributed by atoms with Crippen molar-refractivity contribution in [3.63, 3.8) is 0 Å². The maximum atomic E-state index is 5.94. The van der Waals surface area contributed by atoms with Gasteiger partial charge in [-0.3, -0.25) is 4.68 Å². The van der Waals surface area contributed by atoms with Gasteiger partial charge in [0, 0.05) is 36.8 Å². The van der Waals surface area contributed by atoms with Gasteiger partial charge in [-0.2, -0.15) is 5.10 Å². The van der Waals surface area contributed by atoms with Crippen molar-refractivity contribution in [3.05, 3.63) is 57.8 Å². The predicted molar refractivity (Wildman–Crippen MR) is 98.3 cm³/mol. The van der Waals surface area contributed by atoms with Gasteiger partial charge in [-0.25, -0.2) is 0 Å². The van der Waals surface area contributed by atoms with E-state index in [1.165, 1.54) is 5.56 Å². The quantitative estimate of drug-likeness (QED) is 0.701. The van der Waals surface area contributed by atoms with Crippen LogP contribution in [0, 0.1) is 0 Å². The summed E-state index contributed by atoms with van der Waals surface area (Å²) in [6, 6.07) is 7.85. The molecule has 25 heavy (non-hydrogen) atoms. The van der Waals surface area contributed by atoms with Gasteiger partial charge in [0.1, 0.15) is 11.1 Å². The Bertz CT molecular complexity index is 847. The lowest BCUT2D eigenvalue weighted by Crippen LogP contribution is -2.38. The van der Waals surface area contributed by atoms with Crippen LogP contribution in [0.3, 0.4) is 0 Å². The normalized spacial score (nSPS) is 17.8. The molecule has 1 unspecified atom stereocenters. The Labute approximate surface area is 155 Å². The Balaban J connectivity index is 1.45. The molecule has 4 rings (SSSR count). The molecule has 0 amide bonds. The van der Waals surface area contributed by atoms with Gasteiger partial charge >= 0.3 is 0 Å². The van der Waals surface area contributed by atoms with Crippen LogP contribution >= 0.6 is 22.9 Å². The first-order valence-corrected chi connectivity index (χ1v) is 9.29. The number of hydrogen-bond donors (Lipinski definition) is 0. The van der Waals surface area contributed by atoms with Crippen LogP contribution in [-0.2, 0) is 18.2 Å². The summed E-state index contributed by atoms with van der Waals surface area (Å²) in [6.07, 6.45) is 4.65. The summed E-state index contributed by atoms with van der Waals surface area (Å²) in [7, 11) is 1.91. The summed E-state index contributed by atoms with van der Waals surface area (Å²) < 4.78 is 7.69. The zero-order chi connectivity index (χ0) is 17.2. The first-order chi connectivity index (χ1) is 12.2. The molecule has 0 bridgehead atoms. The maximum Gasteiger partial charge on any atom is 0.208 e. The van der Waals surface area contributed by atoms with E-state index in [0.29, 0.717) is 6.61 Å². The Morgan fingerprint density at radius 3 is 2.88 bits per heavy atom. The second-order valence-corrected chi connectivity index (χ2v) is 7.51. The van der Waals surface area contributed by atoms with Gasteiger partial charge in [0.2, 0.25) is 5.13 Å². The highest BCUT2D eigenvalue weighted by atomic mass is 35.5. The average molecular weight is 376 g/mol. The van der Waals surface area contributed by atoms with Crippen molar-refractivity contribution >= 4 is 28.1 Å². The van der Waals surface area contributed by atoms with Crippen LogP contribution in [0.5, 0.6) is 0 Å². The zero-order valence-electron chi connectivity index (χ0n) is 13.8. The van der Waals surface area contributed by atoms with Gasteiger partial charge in [0.15, 0.2) is 0 Å². The molecule has 1 aliphatic heterocycles. The second-order valence-electron chi connectivity index (χ2n) is 6.03. The highest BCUT2D eigenvalue weighted by molar-refractivity contribution is 7.15. The summed E-state index contributed by atoms with van der Waals surface area (Å²) >= 11 is 7.57. The molecule has 0 aliphatic carbocycles. The first-order valence-electron chi connectivity index (χ1n) is 8.09. The molecule has 6 nitrogen and oxygen atoms in total. The lowest BCUT2D eigenvalue weighted by Gasteiger charge is -2.31. The molecule has 8 heteroatoms. The van der Waals surface area contributed by atoms with Crippen molar-refractivity contribution in [2.24, 2.45) is 7.05 Å². The van der Waals surface area contributed by atoms with Crippen molar-refractivity contribution < 1.29 is 4.74 Å². The van der Waals surface area contributed by atoms with E-state index in [9.17, 15) is 0 Å². The van der Waals surface area contributed by atoms with E-state index in [2.05, 4.69) is 20.2 Å². The number of hydrogen-bond acceptors (Lipinski definition) is 6. The van der Waals surface area contributed by atoms with E-state index in [1.54, 1.807) is 16.0 Å². The van der Waals surface area contributed by atoms with E-state index in [4.69, 9.17) is 16.3 Å². The largest absolute Gasteiger partial charge is 0.370 e. The van der Waals surface area contributed by atoms with Gasteiger partial charge in [-0.05, 0) is 17.7 Å². The van der Waals surface area contributed by atoms with Crippen molar-refractivity contribution in [2.75, 3.05) is 24.6 Å². The molecule has 1 aliphatic rings. The van der Waals surface area contributed by atoms with E-state index in [1.807, 2.05) is 43.7 Å². The Morgan fingerprint density at radius 1 is 1.28 bits per heavy atom. The maximum absolute atomic E-state index is 5.94. The number of aryl methyl sites for hydroxylation is 1. The molecule has 0 N–H and O–H groups in total. The summed E-state index contributed by atoms with van der Waals surface area (Å²) in [5, 5.41) is 15.7. The van der Waals surface area contributed by atoms with Crippen LogP contribution in [0.15, 0.2) is 36.7 Å². The molecule has 3 aromatic rings. The third-order valence-corrected chi connectivity index (χ3v) is 5.39.